The molecule has 0 aromatic rings. The van der Waals surface area contributed by atoms with E-state index in [0.29, 0.717) is 5.92 Å². The number of aliphatic imine (C=N–C) groups is 1. The van der Waals surface area contributed by atoms with Crippen LogP contribution < -0.4 is 0 Å². The Morgan fingerprint density at radius 3 is 2.73 bits per heavy atom. The van der Waals surface area contributed by atoms with Crippen molar-refractivity contribution < 1.29 is 0 Å². The molecule has 0 unspecified atom stereocenters. The van der Waals surface area contributed by atoms with Crippen LogP contribution in [0.1, 0.15) is 34.1 Å². The summed E-state index contributed by atoms with van der Waals surface area (Å²) in [7, 11) is 0. The van der Waals surface area contributed by atoms with Gasteiger partial charge in [0.05, 0.1) is 12.2 Å². The molecule has 0 aliphatic carbocycles. The van der Waals surface area contributed by atoms with E-state index in [1.165, 1.54) is 17.0 Å². The number of allylic oxidation sites excluding steroid dienone is 1. The van der Waals surface area contributed by atoms with Crippen molar-refractivity contribution in [2.45, 2.75) is 34.1 Å². The Kier molecular flexibility index (Phi) is 4.13. The molecule has 1 rings (SSSR count). The minimum Gasteiger partial charge on any atom is -0.365 e. The van der Waals surface area contributed by atoms with Crippen LogP contribution in [0, 0.1) is 5.92 Å². The predicted molar refractivity (Wildman–Crippen MR) is 67.0 cm³/mol. The summed E-state index contributed by atoms with van der Waals surface area (Å²) in [6.07, 6.45) is 2.99. The molecule has 0 N–H and O–H groups in total. The van der Waals surface area contributed by atoms with Crippen molar-refractivity contribution in [1.82, 2.24) is 4.90 Å². The van der Waals surface area contributed by atoms with Crippen LogP contribution in [-0.4, -0.2) is 24.2 Å². The van der Waals surface area contributed by atoms with Crippen LogP contribution in [0.15, 0.2) is 28.5 Å². The van der Waals surface area contributed by atoms with Gasteiger partial charge in [0, 0.05) is 18.5 Å². The van der Waals surface area contributed by atoms with Gasteiger partial charge >= 0.3 is 0 Å². The summed E-state index contributed by atoms with van der Waals surface area (Å²) in [6, 6.07) is 0. The highest BCUT2D eigenvalue weighted by Crippen LogP contribution is 2.24. The highest BCUT2D eigenvalue weighted by atomic mass is 15.2. The molecule has 1 heterocycles. The van der Waals surface area contributed by atoms with Crippen molar-refractivity contribution >= 4 is 6.21 Å². The van der Waals surface area contributed by atoms with Crippen molar-refractivity contribution in [1.29, 1.82) is 0 Å². The fourth-order valence-corrected chi connectivity index (χ4v) is 1.67. The minimum atomic E-state index is 0.521. The van der Waals surface area contributed by atoms with Gasteiger partial charge < -0.3 is 4.90 Å². The summed E-state index contributed by atoms with van der Waals surface area (Å²) in [6.45, 7) is 14.7. The molecule has 15 heavy (non-hydrogen) atoms. The van der Waals surface area contributed by atoms with Gasteiger partial charge in [-0.05, 0) is 24.8 Å². The maximum atomic E-state index is 4.49. The van der Waals surface area contributed by atoms with Crippen LogP contribution in [0.25, 0.3) is 0 Å². The summed E-state index contributed by atoms with van der Waals surface area (Å²) in [5, 5.41) is 0. The van der Waals surface area contributed by atoms with E-state index in [1.807, 2.05) is 6.21 Å². The summed E-state index contributed by atoms with van der Waals surface area (Å²) in [5.74, 6) is 0.521. The number of nitrogens with zero attached hydrogens (tertiary/aromatic N) is 2. The number of hydrogen-bond acceptors (Lipinski definition) is 2. The zero-order valence-corrected chi connectivity index (χ0v) is 10.4. The van der Waals surface area contributed by atoms with Crippen molar-refractivity contribution in [3.05, 3.63) is 23.5 Å². The Bertz CT molecular complexity index is 298. The fourth-order valence-electron chi connectivity index (χ4n) is 1.67. The molecule has 1 aliphatic heterocycles. The maximum absolute atomic E-state index is 4.49. The Labute approximate surface area is 93.4 Å². The Morgan fingerprint density at radius 1 is 1.53 bits per heavy atom. The van der Waals surface area contributed by atoms with E-state index in [1.54, 1.807) is 0 Å². The van der Waals surface area contributed by atoms with Gasteiger partial charge in [-0.3, -0.25) is 4.99 Å². The quantitative estimate of drug-likeness (QED) is 0.645. The van der Waals surface area contributed by atoms with Gasteiger partial charge in [-0.1, -0.05) is 27.4 Å². The third-order valence-corrected chi connectivity index (χ3v) is 2.76. The van der Waals surface area contributed by atoms with E-state index in [-0.39, 0.29) is 0 Å². The lowest BCUT2D eigenvalue weighted by Gasteiger charge is -2.23. The summed E-state index contributed by atoms with van der Waals surface area (Å²) in [4.78, 5) is 6.81. The van der Waals surface area contributed by atoms with Gasteiger partial charge in [0.2, 0.25) is 0 Å². The van der Waals surface area contributed by atoms with Gasteiger partial charge in [0.15, 0.2) is 0 Å². The van der Waals surface area contributed by atoms with Crippen molar-refractivity contribution in [3.8, 4) is 0 Å². The first-order valence-electron chi connectivity index (χ1n) is 5.71. The fraction of sp³-hybridized carbons (Fsp3) is 0.615. The van der Waals surface area contributed by atoms with Gasteiger partial charge in [-0.15, -0.1) is 0 Å². The Morgan fingerprint density at radius 2 is 2.20 bits per heavy atom. The van der Waals surface area contributed by atoms with E-state index in [4.69, 9.17) is 0 Å². The summed E-state index contributed by atoms with van der Waals surface area (Å²) >= 11 is 0. The molecule has 0 spiro atoms. The first-order valence-corrected chi connectivity index (χ1v) is 5.71. The average Bonchev–Trinajstić information content (AvgIpc) is 2.55. The molecule has 2 nitrogen and oxygen atoms in total. The third-order valence-electron chi connectivity index (χ3n) is 2.76. The molecule has 0 aromatic heterocycles. The molecule has 0 saturated carbocycles. The maximum Gasteiger partial charge on any atom is 0.0602 e. The lowest BCUT2D eigenvalue weighted by Crippen LogP contribution is -2.23. The Balaban J connectivity index is 2.62. The summed E-state index contributed by atoms with van der Waals surface area (Å²) in [5.41, 5.74) is 3.82. The number of rotatable bonds is 4. The van der Waals surface area contributed by atoms with Gasteiger partial charge in [-0.2, -0.15) is 0 Å². The second kappa shape index (κ2) is 5.15. The molecule has 0 bridgehead atoms. The lowest BCUT2D eigenvalue weighted by atomic mass is 10.1. The molecule has 0 atom stereocenters. The molecule has 2 heteroatoms. The first-order chi connectivity index (χ1) is 7.06. The summed E-state index contributed by atoms with van der Waals surface area (Å²) < 4.78 is 0. The van der Waals surface area contributed by atoms with E-state index in [2.05, 4.69) is 44.2 Å². The van der Waals surface area contributed by atoms with Crippen LogP contribution in [0.5, 0.6) is 0 Å². The molecule has 0 aromatic carbocycles. The standard InChI is InChI=1S/C13H22N2/c1-6-7-14-13-9-15(8-11(13)4)12(5)10(2)3/h7,10H,5-6,8-9H2,1-4H3. The number of hydrogen-bond donors (Lipinski definition) is 0. The van der Waals surface area contributed by atoms with Gasteiger partial charge in [0.25, 0.3) is 0 Å². The van der Waals surface area contributed by atoms with E-state index in [0.717, 1.165) is 19.5 Å². The van der Waals surface area contributed by atoms with Crippen molar-refractivity contribution in [2.75, 3.05) is 13.1 Å². The van der Waals surface area contributed by atoms with E-state index < -0.39 is 0 Å². The molecule has 0 saturated heterocycles. The molecule has 1 aliphatic rings. The Hall–Kier alpha value is -1.05. The highest BCUT2D eigenvalue weighted by molar-refractivity contribution is 5.59. The smallest absolute Gasteiger partial charge is 0.0602 e. The third kappa shape index (κ3) is 2.95. The second-order valence-electron chi connectivity index (χ2n) is 4.45. The SMILES string of the molecule is C=C(C(C)C)N1CC(C)=C(N=CCC)C1. The monoisotopic (exact) mass is 206 g/mol. The van der Waals surface area contributed by atoms with Gasteiger partial charge in [-0.25, -0.2) is 0 Å². The van der Waals surface area contributed by atoms with Crippen LogP contribution in [-0.2, 0) is 0 Å². The first kappa shape index (κ1) is 12.0. The normalized spacial score (nSPS) is 17.3. The average molecular weight is 206 g/mol. The molecule has 0 amide bonds. The minimum absolute atomic E-state index is 0.521. The molecular formula is C13H22N2. The van der Waals surface area contributed by atoms with Crippen LogP contribution >= 0.6 is 0 Å². The molecule has 0 fully saturated rings. The van der Waals surface area contributed by atoms with Crippen molar-refractivity contribution in [2.24, 2.45) is 10.9 Å². The van der Waals surface area contributed by atoms with E-state index >= 15 is 0 Å². The highest BCUT2D eigenvalue weighted by Gasteiger charge is 2.20. The predicted octanol–water partition coefficient (Wildman–Crippen LogP) is 3.23. The largest absolute Gasteiger partial charge is 0.365 e. The molecule has 84 valence electrons. The topological polar surface area (TPSA) is 15.6 Å². The van der Waals surface area contributed by atoms with Crippen LogP contribution in [0.3, 0.4) is 0 Å². The molecular weight excluding hydrogens is 184 g/mol. The lowest BCUT2D eigenvalue weighted by molar-refractivity contribution is 0.387. The van der Waals surface area contributed by atoms with Gasteiger partial charge in [0.1, 0.15) is 0 Å². The molecule has 0 radical (unpaired) electrons. The zero-order valence-electron chi connectivity index (χ0n) is 10.4. The zero-order chi connectivity index (χ0) is 11.4. The van der Waals surface area contributed by atoms with Crippen molar-refractivity contribution in [3.63, 3.8) is 0 Å². The van der Waals surface area contributed by atoms with Crippen LogP contribution in [0.2, 0.25) is 0 Å². The second-order valence-corrected chi connectivity index (χ2v) is 4.45. The van der Waals surface area contributed by atoms with E-state index in [9.17, 15) is 0 Å². The van der Waals surface area contributed by atoms with Crippen LogP contribution in [0.4, 0.5) is 0 Å².